The summed E-state index contributed by atoms with van der Waals surface area (Å²) < 4.78 is 0. The van der Waals surface area contributed by atoms with Crippen LogP contribution in [0.4, 0.5) is 0 Å². The molecule has 0 aliphatic carbocycles. The van der Waals surface area contributed by atoms with E-state index in [0.717, 1.165) is 30.8 Å². The quantitative estimate of drug-likeness (QED) is 0.917. The first-order valence-electron chi connectivity index (χ1n) is 7.38. The van der Waals surface area contributed by atoms with Gasteiger partial charge in [-0.25, -0.2) is 0 Å². The van der Waals surface area contributed by atoms with Gasteiger partial charge in [0.25, 0.3) is 5.91 Å². The number of benzene rings is 2. The Labute approximate surface area is 125 Å². The number of carbonyl (C=O) groups excluding carboxylic acids is 1. The third-order valence-electron chi connectivity index (χ3n) is 3.93. The maximum absolute atomic E-state index is 12.6. The van der Waals surface area contributed by atoms with Crippen LogP contribution in [0.2, 0.25) is 0 Å². The lowest BCUT2D eigenvalue weighted by molar-refractivity contribution is 0.0703. The number of amides is 1. The fourth-order valence-corrected chi connectivity index (χ4v) is 2.80. The minimum Gasteiger partial charge on any atom is -0.335 e. The summed E-state index contributed by atoms with van der Waals surface area (Å²) in [5, 5.41) is 3.49. The maximum atomic E-state index is 12.6. The van der Waals surface area contributed by atoms with Crippen molar-refractivity contribution < 1.29 is 4.79 Å². The normalized spacial score (nSPS) is 18.5. The van der Waals surface area contributed by atoms with Gasteiger partial charge < -0.3 is 10.2 Å². The Hall–Kier alpha value is -2.13. The molecule has 21 heavy (non-hydrogen) atoms. The molecule has 1 aliphatic rings. The van der Waals surface area contributed by atoms with E-state index in [1.165, 1.54) is 5.56 Å². The highest BCUT2D eigenvalue weighted by Gasteiger charge is 2.24. The van der Waals surface area contributed by atoms with E-state index < -0.39 is 0 Å². The predicted octanol–water partition coefficient (Wildman–Crippen LogP) is 2.78. The number of nitrogens with zero attached hydrogens (tertiary/aromatic N) is 1. The summed E-state index contributed by atoms with van der Waals surface area (Å²) in [6, 6.07) is 18.3. The minimum absolute atomic E-state index is 0.126. The Morgan fingerprint density at radius 3 is 2.71 bits per heavy atom. The first-order chi connectivity index (χ1) is 10.2. The molecule has 2 aromatic rings. The fraction of sp³-hybridized carbons (Fsp3) is 0.278. The molecule has 1 heterocycles. The SMILES string of the molecule is Cc1cccc(C(=O)N2CCNC(c3ccccc3)C2)c1. The highest BCUT2D eigenvalue weighted by atomic mass is 16.2. The number of hydrogen-bond donors (Lipinski definition) is 1. The molecule has 108 valence electrons. The van der Waals surface area contributed by atoms with Crippen LogP contribution in [0.15, 0.2) is 54.6 Å². The van der Waals surface area contributed by atoms with Crippen LogP contribution in [0.1, 0.15) is 27.5 Å². The Kier molecular flexibility index (Phi) is 4.02. The molecule has 1 unspecified atom stereocenters. The summed E-state index contributed by atoms with van der Waals surface area (Å²) in [5.41, 5.74) is 3.14. The van der Waals surface area contributed by atoms with Crippen LogP contribution in [-0.2, 0) is 0 Å². The van der Waals surface area contributed by atoms with Crippen molar-refractivity contribution in [1.29, 1.82) is 0 Å². The van der Waals surface area contributed by atoms with Gasteiger partial charge in [0, 0.05) is 31.2 Å². The first kappa shape index (κ1) is 13.8. The monoisotopic (exact) mass is 280 g/mol. The van der Waals surface area contributed by atoms with Gasteiger partial charge in [-0.1, -0.05) is 48.0 Å². The van der Waals surface area contributed by atoms with E-state index in [9.17, 15) is 4.79 Å². The molecule has 1 aliphatic heterocycles. The van der Waals surface area contributed by atoms with Gasteiger partial charge in [-0.2, -0.15) is 0 Å². The van der Waals surface area contributed by atoms with Crippen LogP contribution in [0.5, 0.6) is 0 Å². The van der Waals surface area contributed by atoms with Crippen molar-refractivity contribution in [2.45, 2.75) is 13.0 Å². The van der Waals surface area contributed by atoms with Crippen molar-refractivity contribution in [1.82, 2.24) is 10.2 Å². The second-order valence-electron chi connectivity index (χ2n) is 5.54. The van der Waals surface area contributed by atoms with Gasteiger partial charge in [0.15, 0.2) is 0 Å². The summed E-state index contributed by atoms with van der Waals surface area (Å²) in [6.07, 6.45) is 0. The van der Waals surface area contributed by atoms with E-state index in [4.69, 9.17) is 0 Å². The Morgan fingerprint density at radius 1 is 1.14 bits per heavy atom. The van der Waals surface area contributed by atoms with Crippen molar-refractivity contribution in [3.05, 3.63) is 71.3 Å². The van der Waals surface area contributed by atoms with Crippen molar-refractivity contribution in [2.24, 2.45) is 0 Å². The predicted molar refractivity (Wildman–Crippen MR) is 84.3 cm³/mol. The van der Waals surface area contributed by atoms with Crippen molar-refractivity contribution in [3.63, 3.8) is 0 Å². The minimum atomic E-state index is 0.126. The van der Waals surface area contributed by atoms with Crippen molar-refractivity contribution in [2.75, 3.05) is 19.6 Å². The number of aryl methyl sites for hydroxylation is 1. The average Bonchev–Trinajstić information content (AvgIpc) is 2.55. The van der Waals surface area contributed by atoms with Crippen molar-refractivity contribution in [3.8, 4) is 0 Å². The summed E-state index contributed by atoms with van der Waals surface area (Å²) in [6.45, 7) is 4.32. The van der Waals surface area contributed by atoms with E-state index in [-0.39, 0.29) is 11.9 Å². The zero-order valence-corrected chi connectivity index (χ0v) is 12.3. The highest BCUT2D eigenvalue weighted by molar-refractivity contribution is 5.94. The Balaban J connectivity index is 1.75. The zero-order valence-electron chi connectivity index (χ0n) is 12.3. The van der Waals surface area contributed by atoms with Gasteiger partial charge in [0.05, 0.1) is 0 Å². The molecule has 0 spiro atoms. The molecule has 2 aromatic carbocycles. The molecule has 0 saturated carbocycles. The molecule has 1 fully saturated rings. The van der Waals surface area contributed by atoms with Gasteiger partial charge in [-0.3, -0.25) is 4.79 Å². The number of nitrogens with one attached hydrogen (secondary N) is 1. The Bertz CT molecular complexity index is 624. The lowest BCUT2D eigenvalue weighted by Crippen LogP contribution is -2.48. The molecule has 0 aromatic heterocycles. The lowest BCUT2D eigenvalue weighted by Gasteiger charge is -2.34. The van der Waals surface area contributed by atoms with Crippen molar-refractivity contribution >= 4 is 5.91 Å². The Morgan fingerprint density at radius 2 is 1.95 bits per heavy atom. The average molecular weight is 280 g/mol. The largest absolute Gasteiger partial charge is 0.335 e. The smallest absolute Gasteiger partial charge is 0.253 e. The molecular formula is C18H20N2O. The van der Waals surface area contributed by atoms with Gasteiger partial charge in [-0.15, -0.1) is 0 Å². The zero-order chi connectivity index (χ0) is 14.7. The molecule has 3 heteroatoms. The van der Waals surface area contributed by atoms with Crippen LogP contribution >= 0.6 is 0 Å². The molecule has 3 rings (SSSR count). The van der Waals surface area contributed by atoms with Gasteiger partial charge >= 0.3 is 0 Å². The summed E-state index contributed by atoms with van der Waals surface area (Å²) in [5.74, 6) is 0.126. The lowest BCUT2D eigenvalue weighted by atomic mass is 10.0. The molecule has 1 amide bonds. The van der Waals surface area contributed by atoms with E-state index >= 15 is 0 Å². The van der Waals surface area contributed by atoms with Crippen LogP contribution in [0.25, 0.3) is 0 Å². The third kappa shape index (κ3) is 3.14. The van der Waals surface area contributed by atoms with Crippen LogP contribution in [0.3, 0.4) is 0 Å². The molecule has 1 atom stereocenters. The van der Waals surface area contributed by atoms with E-state index in [0.29, 0.717) is 0 Å². The molecule has 0 radical (unpaired) electrons. The fourth-order valence-electron chi connectivity index (χ4n) is 2.80. The number of hydrogen-bond acceptors (Lipinski definition) is 2. The summed E-state index contributed by atoms with van der Waals surface area (Å²) in [4.78, 5) is 14.6. The molecule has 0 bridgehead atoms. The highest BCUT2D eigenvalue weighted by Crippen LogP contribution is 2.18. The van der Waals surface area contributed by atoms with E-state index in [1.54, 1.807) is 0 Å². The molecule has 3 nitrogen and oxygen atoms in total. The van der Waals surface area contributed by atoms with E-state index in [1.807, 2.05) is 54.3 Å². The molecule has 1 N–H and O–H groups in total. The third-order valence-corrected chi connectivity index (χ3v) is 3.93. The summed E-state index contributed by atoms with van der Waals surface area (Å²) in [7, 11) is 0. The van der Waals surface area contributed by atoms with Gasteiger partial charge in [0.2, 0.25) is 0 Å². The van der Waals surface area contributed by atoms with Gasteiger partial charge in [-0.05, 0) is 24.6 Å². The van der Waals surface area contributed by atoms with Crippen LogP contribution < -0.4 is 5.32 Å². The number of piperazine rings is 1. The second-order valence-corrected chi connectivity index (χ2v) is 5.54. The topological polar surface area (TPSA) is 32.3 Å². The van der Waals surface area contributed by atoms with Crippen LogP contribution in [0, 0.1) is 6.92 Å². The second kappa shape index (κ2) is 6.10. The van der Waals surface area contributed by atoms with E-state index in [2.05, 4.69) is 17.4 Å². The summed E-state index contributed by atoms with van der Waals surface area (Å²) >= 11 is 0. The maximum Gasteiger partial charge on any atom is 0.253 e. The number of carbonyl (C=O) groups is 1. The standard InChI is InChI=1S/C18H20N2O/c1-14-6-5-9-16(12-14)18(21)20-11-10-19-17(13-20)15-7-3-2-4-8-15/h2-9,12,17,19H,10-11,13H2,1H3. The first-order valence-corrected chi connectivity index (χ1v) is 7.38. The number of rotatable bonds is 2. The molecule has 1 saturated heterocycles. The van der Waals surface area contributed by atoms with Gasteiger partial charge in [0.1, 0.15) is 0 Å². The molecular weight excluding hydrogens is 260 g/mol. The van der Waals surface area contributed by atoms with Crippen LogP contribution in [-0.4, -0.2) is 30.4 Å².